The predicted octanol–water partition coefficient (Wildman–Crippen LogP) is 0.0319. The zero-order valence-corrected chi connectivity index (χ0v) is 10.2. The molecule has 0 aliphatic rings. The van der Waals surface area contributed by atoms with Crippen LogP contribution in [0.15, 0.2) is 29.2 Å². The first-order chi connectivity index (χ1) is 8.72. The van der Waals surface area contributed by atoms with Crippen LogP contribution >= 0.6 is 0 Å². The first-order valence-corrected chi connectivity index (χ1v) is 6.43. The number of aliphatic carboxylic acids is 2. The van der Waals surface area contributed by atoms with Crippen LogP contribution in [0.4, 0.5) is 4.39 Å². The van der Waals surface area contributed by atoms with Gasteiger partial charge in [-0.2, -0.15) is 4.72 Å². The zero-order chi connectivity index (χ0) is 14.6. The summed E-state index contributed by atoms with van der Waals surface area (Å²) in [6, 6.07) is 1.87. The number of carbonyl (C=O) groups is 2. The quantitative estimate of drug-likeness (QED) is 0.680. The molecule has 0 spiro atoms. The van der Waals surface area contributed by atoms with Crippen molar-refractivity contribution < 1.29 is 32.6 Å². The van der Waals surface area contributed by atoms with Gasteiger partial charge in [0, 0.05) is 0 Å². The summed E-state index contributed by atoms with van der Waals surface area (Å²) in [5, 5.41) is 17.2. The largest absolute Gasteiger partial charge is 0.481 e. The van der Waals surface area contributed by atoms with Crippen molar-refractivity contribution in [2.45, 2.75) is 17.4 Å². The van der Waals surface area contributed by atoms with Gasteiger partial charge in [-0.05, 0) is 24.3 Å². The Kier molecular flexibility index (Phi) is 4.57. The summed E-state index contributed by atoms with van der Waals surface area (Å²) in [5.74, 6) is -3.73. The number of sulfonamides is 1. The number of hydrogen-bond donors (Lipinski definition) is 3. The van der Waals surface area contributed by atoms with Crippen molar-refractivity contribution in [2.24, 2.45) is 0 Å². The van der Waals surface area contributed by atoms with Crippen molar-refractivity contribution in [3.63, 3.8) is 0 Å². The normalized spacial score (nSPS) is 12.9. The average Bonchev–Trinajstić information content (AvgIpc) is 2.27. The van der Waals surface area contributed by atoms with Gasteiger partial charge < -0.3 is 10.2 Å². The number of carboxylic acids is 2. The monoisotopic (exact) mass is 291 g/mol. The third-order valence-corrected chi connectivity index (χ3v) is 3.59. The number of halogens is 1. The van der Waals surface area contributed by atoms with Crippen molar-refractivity contribution in [1.29, 1.82) is 0 Å². The first-order valence-electron chi connectivity index (χ1n) is 4.95. The molecule has 0 aliphatic heterocycles. The lowest BCUT2D eigenvalue weighted by atomic mass is 10.2. The average molecular weight is 291 g/mol. The third kappa shape index (κ3) is 4.30. The summed E-state index contributed by atoms with van der Waals surface area (Å²) in [6.45, 7) is 0. The van der Waals surface area contributed by atoms with Crippen LogP contribution in [-0.4, -0.2) is 36.6 Å². The van der Waals surface area contributed by atoms with E-state index in [9.17, 15) is 22.4 Å². The van der Waals surface area contributed by atoms with Crippen LogP contribution in [0.1, 0.15) is 6.42 Å². The van der Waals surface area contributed by atoms with E-state index in [1.807, 2.05) is 0 Å². The molecule has 9 heteroatoms. The molecule has 1 atom stereocenters. The summed E-state index contributed by atoms with van der Waals surface area (Å²) >= 11 is 0. The van der Waals surface area contributed by atoms with E-state index in [4.69, 9.17) is 10.2 Å². The van der Waals surface area contributed by atoms with Gasteiger partial charge in [0.25, 0.3) is 0 Å². The Morgan fingerprint density at radius 1 is 1.21 bits per heavy atom. The van der Waals surface area contributed by atoms with Gasteiger partial charge in [0.1, 0.15) is 11.9 Å². The molecule has 0 fully saturated rings. The molecular formula is C10H10FNO6S. The van der Waals surface area contributed by atoms with Crippen LogP contribution in [0.5, 0.6) is 0 Å². The van der Waals surface area contributed by atoms with Crippen molar-refractivity contribution in [2.75, 3.05) is 0 Å². The molecule has 0 radical (unpaired) electrons. The van der Waals surface area contributed by atoms with Gasteiger partial charge in [0.15, 0.2) is 0 Å². The topological polar surface area (TPSA) is 121 Å². The van der Waals surface area contributed by atoms with Gasteiger partial charge in [0.05, 0.1) is 11.3 Å². The Morgan fingerprint density at radius 2 is 1.74 bits per heavy atom. The highest BCUT2D eigenvalue weighted by molar-refractivity contribution is 7.89. The second kappa shape index (κ2) is 5.76. The van der Waals surface area contributed by atoms with E-state index in [0.717, 1.165) is 24.3 Å². The standard InChI is InChI=1S/C10H10FNO6S/c11-6-1-3-7(4-2-6)19(17,18)12-8(10(15)16)5-9(13)14/h1-4,8,12H,5H2,(H,13,14)(H,15,16). The maximum Gasteiger partial charge on any atom is 0.322 e. The van der Waals surface area contributed by atoms with Crippen molar-refractivity contribution >= 4 is 22.0 Å². The maximum absolute atomic E-state index is 12.7. The Morgan fingerprint density at radius 3 is 2.16 bits per heavy atom. The Bertz CT molecular complexity index is 583. The van der Waals surface area contributed by atoms with Crippen molar-refractivity contribution in [3.8, 4) is 0 Å². The maximum atomic E-state index is 12.7. The molecule has 0 saturated heterocycles. The lowest BCUT2D eigenvalue weighted by Gasteiger charge is -2.12. The molecule has 1 unspecified atom stereocenters. The van der Waals surface area contributed by atoms with E-state index in [2.05, 4.69) is 0 Å². The molecule has 0 bridgehead atoms. The van der Waals surface area contributed by atoms with E-state index in [0.29, 0.717) is 0 Å². The smallest absolute Gasteiger partial charge is 0.322 e. The highest BCUT2D eigenvalue weighted by atomic mass is 32.2. The minimum absolute atomic E-state index is 0.356. The summed E-state index contributed by atoms with van der Waals surface area (Å²) < 4.78 is 37.9. The molecule has 0 aromatic heterocycles. The number of benzene rings is 1. The van der Waals surface area contributed by atoms with Crippen molar-refractivity contribution in [3.05, 3.63) is 30.1 Å². The SMILES string of the molecule is O=C(O)CC(NS(=O)(=O)c1ccc(F)cc1)C(=O)O. The van der Waals surface area contributed by atoms with Gasteiger partial charge in [0.2, 0.25) is 10.0 Å². The first kappa shape index (κ1) is 15.1. The van der Waals surface area contributed by atoms with Crippen molar-refractivity contribution in [1.82, 2.24) is 4.72 Å². The van der Waals surface area contributed by atoms with E-state index >= 15 is 0 Å². The van der Waals surface area contributed by atoms with Gasteiger partial charge in [-0.15, -0.1) is 0 Å². The molecular weight excluding hydrogens is 281 g/mol. The van der Waals surface area contributed by atoms with Gasteiger partial charge >= 0.3 is 11.9 Å². The summed E-state index contributed by atoms with van der Waals surface area (Å²) in [4.78, 5) is 20.8. The molecule has 7 nitrogen and oxygen atoms in total. The van der Waals surface area contributed by atoms with Crippen LogP contribution in [0, 0.1) is 5.82 Å². The molecule has 1 aromatic rings. The Hall–Kier alpha value is -2.00. The van der Waals surface area contributed by atoms with Crippen LogP contribution in [-0.2, 0) is 19.6 Å². The lowest BCUT2D eigenvalue weighted by Crippen LogP contribution is -2.42. The molecule has 0 aliphatic carbocycles. The van der Waals surface area contributed by atoms with Crippen LogP contribution < -0.4 is 4.72 Å². The number of rotatable bonds is 6. The van der Waals surface area contributed by atoms with E-state index in [1.165, 1.54) is 0 Å². The Balaban J connectivity index is 2.97. The fourth-order valence-corrected chi connectivity index (χ4v) is 2.41. The fourth-order valence-electron chi connectivity index (χ4n) is 1.22. The molecule has 0 heterocycles. The fraction of sp³-hybridized carbons (Fsp3) is 0.200. The second-order valence-electron chi connectivity index (χ2n) is 3.56. The number of nitrogens with one attached hydrogen (secondary N) is 1. The highest BCUT2D eigenvalue weighted by Gasteiger charge is 2.27. The molecule has 104 valence electrons. The number of carboxylic acid groups (broad SMARTS) is 2. The molecule has 1 rings (SSSR count). The molecule has 1 aromatic carbocycles. The molecule has 0 saturated carbocycles. The lowest BCUT2D eigenvalue weighted by molar-refractivity contribution is -0.145. The van der Waals surface area contributed by atoms with Crippen LogP contribution in [0.2, 0.25) is 0 Å². The second-order valence-corrected chi connectivity index (χ2v) is 5.28. The zero-order valence-electron chi connectivity index (χ0n) is 9.41. The minimum atomic E-state index is -4.23. The van der Waals surface area contributed by atoms with E-state index in [1.54, 1.807) is 4.72 Å². The molecule has 3 N–H and O–H groups in total. The number of hydrogen-bond acceptors (Lipinski definition) is 4. The summed E-state index contributed by atoms with van der Waals surface area (Å²) in [5.41, 5.74) is 0. The van der Waals surface area contributed by atoms with Crippen LogP contribution in [0.25, 0.3) is 0 Å². The minimum Gasteiger partial charge on any atom is -0.481 e. The third-order valence-electron chi connectivity index (χ3n) is 2.10. The predicted molar refractivity (Wildman–Crippen MR) is 60.4 cm³/mol. The van der Waals surface area contributed by atoms with E-state index < -0.39 is 40.2 Å². The summed E-state index contributed by atoms with van der Waals surface area (Å²) in [6.07, 6.45) is -0.907. The molecule has 0 amide bonds. The molecule has 19 heavy (non-hydrogen) atoms. The van der Waals surface area contributed by atoms with E-state index in [-0.39, 0.29) is 4.90 Å². The van der Waals surface area contributed by atoms with Crippen LogP contribution in [0.3, 0.4) is 0 Å². The van der Waals surface area contributed by atoms with Gasteiger partial charge in [-0.25, -0.2) is 12.8 Å². The highest BCUT2D eigenvalue weighted by Crippen LogP contribution is 2.11. The Labute approximate surface area is 107 Å². The van der Waals surface area contributed by atoms with Gasteiger partial charge in [-0.1, -0.05) is 0 Å². The van der Waals surface area contributed by atoms with Gasteiger partial charge in [-0.3, -0.25) is 9.59 Å². The summed E-state index contributed by atoms with van der Waals surface area (Å²) in [7, 11) is -4.23.